The molecule has 184 valence electrons. The van der Waals surface area contributed by atoms with Gasteiger partial charge >= 0.3 is 0 Å². The second kappa shape index (κ2) is 10.4. The summed E-state index contributed by atoms with van der Waals surface area (Å²) in [6, 6.07) is 10.3. The van der Waals surface area contributed by atoms with E-state index in [1.165, 1.54) is 18.4 Å². The molecule has 1 aliphatic heterocycles. The predicted octanol–water partition coefficient (Wildman–Crippen LogP) is 4.69. The lowest BCUT2D eigenvalue weighted by Crippen LogP contribution is -2.36. The highest BCUT2D eigenvalue weighted by Gasteiger charge is 2.25. The number of pyridine rings is 1. The summed E-state index contributed by atoms with van der Waals surface area (Å²) < 4.78 is 2.10. The summed E-state index contributed by atoms with van der Waals surface area (Å²) in [5.41, 5.74) is 13.7. The molecule has 4 rings (SSSR count). The van der Waals surface area contributed by atoms with Gasteiger partial charge in [0.2, 0.25) is 0 Å². The minimum absolute atomic E-state index is 0.465. The van der Waals surface area contributed by atoms with E-state index in [4.69, 9.17) is 10.7 Å². The molecule has 1 aromatic carbocycles. The zero-order chi connectivity index (χ0) is 25.0. The first-order chi connectivity index (χ1) is 16.8. The number of benzene rings is 1. The molecule has 0 saturated carbocycles. The van der Waals surface area contributed by atoms with Gasteiger partial charge in [0.1, 0.15) is 5.65 Å². The zero-order valence-electron chi connectivity index (χ0n) is 21.4. The van der Waals surface area contributed by atoms with Crippen molar-refractivity contribution in [1.29, 1.82) is 0 Å². The van der Waals surface area contributed by atoms with E-state index in [-0.39, 0.29) is 0 Å². The Bertz CT molecular complexity index is 1240. The molecule has 1 fully saturated rings. The maximum atomic E-state index is 6.47. The number of imidazole rings is 1. The van der Waals surface area contributed by atoms with Gasteiger partial charge in [-0.2, -0.15) is 5.10 Å². The summed E-state index contributed by atoms with van der Waals surface area (Å²) >= 11 is 0. The van der Waals surface area contributed by atoms with Crippen molar-refractivity contribution in [3.8, 4) is 0 Å². The van der Waals surface area contributed by atoms with Crippen molar-refractivity contribution < 1.29 is 0 Å². The van der Waals surface area contributed by atoms with E-state index in [1.807, 2.05) is 37.5 Å². The van der Waals surface area contributed by atoms with Gasteiger partial charge in [0.15, 0.2) is 0 Å². The molecule has 0 bridgehead atoms. The lowest BCUT2D eigenvalue weighted by molar-refractivity contribution is 0.127. The van der Waals surface area contributed by atoms with Crippen molar-refractivity contribution >= 4 is 24.3 Å². The molecule has 0 aliphatic carbocycles. The lowest BCUT2D eigenvalue weighted by atomic mass is 9.82. The van der Waals surface area contributed by atoms with Crippen LogP contribution in [0.2, 0.25) is 0 Å². The third-order valence-electron chi connectivity index (χ3n) is 6.87. The van der Waals surface area contributed by atoms with Crippen LogP contribution in [0.5, 0.6) is 0 Å². The van der Waals surface area contributed by atoms with E-state index in [0.29, 0.717) is 17.7 Å². The second-order valence-electron chi connectivity index (χ2n) is 10.2. The Hall–Kier alpha value is -3.45. The maximum absolute atomic E-state index is 6.47. The Labute approximate surface area is 208 Å². The van der Waals surface area contributed by atoms with E-state index in [9.17, 15) is 0 Å². The number of likely N-dealkylation sites (tertiary alicyclic amines) is 1. The summed E-state index contributed by atoms with van der Waals surface area (Å²) in [5.74, 6) is 0. The molecule has 0 unspecified atom stereocenters. The van der Waals surface area contributed by atoms with Gasteiger partial charge in [-0.3, -0.25) is 14.9 Å². The Morgan fingerprint density at radius 3 is 2.69 bits per heavy atom. The van der Waals surface area contributed by atoms with E-state index in [2.05, 4.69) is 64.5 Å². The summed E-state index contributed by atoms with van der Waals surface area (Å²) in [6.45, 7) is 14.3. The largest absolute Gasteiger partial charge is 0.397 e. The first-order valence-corrected chi connectivity index (χ1v) is 12.2. The van der Waals surface area contributed by atoms with Crippen LogP contribution in [0.15, 0.2) is 59.0 Å². The molecule has 7 nitrogen and oxygen atoms in total. The van der Waals surface area contributed by atoms with Gasteiger partial charge in [-0.1, -0.05) is 38.1 Å². The Balaban J connectivity index is 1.48. The van der Waals surface area contributed by atoms with Crippen molar-refractivity contribution in [3.63, 3.8) is 0 Å². The predicted molar refractivity (Wildman–Crippen MR) is 145 cm³/mol. The monoisotopic (exact) mass is 471 g/mol. The Kier molecular flexibility index (Phi) is 7.36. The number of aliphatic imine (C=N–C) groups is 1. The molecule has 35 heavy (non-hydrogen) atoms. The number of fused-ring (bicyclic) bond motifs is 1. The van der Waals surface area contributed by atoms with Gasteiger partial charge in [0, 0.05) is 56.2 Å². The van der Waals surface area contributed by atoms with Crippen LogP contribution in [0.4, 0.5) is 0 Å². The SMILES string of the molecule is C=NN(/C=C(\N)c1cccc(C)c1C=NC)Cc1cn2cc(CN3CCC(C)(C)CC3)ccc2n1. The normalized spacial score (nSPS) is 16.7. The first-order valence-electron chi connectivity index (χ1n) is 12.2. The van der Waals surface area contributed by atoms with E-state index in [1.54, 1.807) is 12.1 Å². The van der Waals surface area contributed by atoms with E-state index >= 15 is 0 Å². The molecule has 0 radical (unpaired) electrons. The zero-order valence-corrected chi connectivity index (χ0v) is 21.4. The standard InChI is InChI=1S/C28H37N7/c1-21-7-6-8-24(25(21)15-30-4)26(29)20-35(31-5)19-23-18-34-17-22(9-10-27(34)32-23)16-33-13-11-28(2,3)12-14-33/h6-10,15,17-18,20H,5,11-14,16,19,29H2,1-4H3/b26-20-,30-15?. The number of aromatic nitrogens is 2. The fourth-order valence-electron chi connectivity index (χ4n) is 4.60. The number of rotatable bonds is 8. The quantitative estimate of drug-likeness (QED) is 0.382. The summed E-state index contributed by atoms with van der Waals surface area (Å²) in [4.78, 5) is 11.5. The smallest absolute Gasteiger partial charge is 0.137 e. The van der Waals surface area contributed by atoms with Crippen molar-refractivity contribution in [1.82, 2.24) is 19.3 Å². The Morgan fingerprint density at radius 1 is 1.20 bits per heavy atom. The van der Waals surface area contributed by atoms with Crippen molar-refractivity contribution in [2.75, 3.05) is 20.1 Å². The van der Waals surface area contributed by atoms with Crippen LogP contribution in [0.25, 0.3) is 11.3 Å². The molecule has 1 aliphatic rings. The topological polar surface area (TPSA) is 74.5 Å². The number of nitrogens with zero attached hydrogens (tertiary/aromatic N) is 6. The number of piperidine rings is 1. The second-order valence-corrected chi connectivity index (χ2v) is 10.2. The fraction of sp³-hybridized carbons (Fsp3) is 0.393. The molecule has 3 aromatic rings. The highest BCUT2D eigenvalue weighted by atomic mass is 15.4. The van der Waals surface area contributed by atoms with Gasteiger partial charge in [-0.25, -0.2) is 4.98 Å². The number of hydrogen-bond acceptors (Lipinski definition) is 6. The summed E-state index contributed by atoms with van der Waals surface area (Å²) in [7, 11) is 1.76. The van der Waals surface area contributed by atoms with Gasteiger partial charge < -0.3 is 10.1 Å². The molecule has 0 atom stereocenters. The lowest BCUT2D eigenvalue weighted by Gasteiger charge is -2.36. The molecule has 1 saturated heterocycles. The minimum atomic E-state index is 0.465. The average molecular weight is 472 g/mol. The van der Waals surface area contributed by atoms with Crippen LogP contribution in [0, 0.1) is 12.3 Å². The van der Waals surface area contributed by atoms with Crippen LogP contribution in [-0.4, -0.2) is 52.4 Å². The molecule has 2 aromatic heterocycles. The van der Waals surface area contributed by atoms with Gasteiger partial charge in [0.25, 0.3) is 0 Å². The van der Waals surface area contributed by atoms with Crippen LogP contribution < -0.4 is 5.73 Å². The van der Waals surface area contributed by atoms with Gasteiger partial charge in [-0.15, -0.1) is 0 Å². The minimum Gasteiger partial charge on any atom is -0.397 e. The van der Waals surface area contributed by atoms with Crippen molar-refractivity contribution in [3.05, 3.63) is 76.9 Å². The third-order valence-corrected chi connectivity index (χ3v) is 6.87. The number of hydrogen-bond donors (Lipinski definition) is 1. The van der Waals surface area contributed by atoms with Gasteiger partial charge in [-0.05, 0) is 55.5 Å². The fourth-order valence-corrected chi connectivity index (χ4v) is 4.60. The Morgan fingerprint density at radius 2 is 1.97 bits per heavy atom. The number of nitrogens with two attached hydrogens (primary N) is 1. The van der Waals surface area contributed by atoms with E-state index in [0.717, 1.165) is 47.7 Å². The number of aryl methyl sites for hydroxylation is 1. The first kappa shape index (κ1) is 24.7. The summed E-state index contributed by atoms with van der Waals surface area (Å²) in [6.07, 6.45) is 10.4. The molecule has 0 amide bonds. The van der Waals surface area contributed by atoms with Crippen LogP contribution in [0.1, 0.15) is 54.6 Å². The van der Waals surface area contributed by atoms with Crippen LogP contribution >= 0.6 is 0 Å². The highest BCUT2D eigenvalue weighted by Crippen LogP contribution is 2.30. The third kappa shape index (κ3) is 5.98. The number of hydrazone groups is 1. The van der Waals surface area contributed by atoms with Gasteiger partial charge in [0.05, 0.1) is 17.9 Å². The molecular formula is C28H37N7. The van der Waals surface area contributed by atoms with E-state index < -0.39 is 0 Å². The van der Waals surface area contributed by atoms with Crippen molar-refractivity contribution in [2.45, 2.75) is 46.7 Å². The summed E-state index contributed by atoms with van der Waals surface area (Å²) in [5, 5.41) is 5.89. The molecule has 0 spiro atoms. The molecule has 3 heterocycles. The average Bonchev–Trinajstić information content (AvgIpc) is 3.23. The molecule has 2 N–H and O–H groups in total. The molecule has 7 heteroatoms. The molecular weight excluding hydrogens is 434 g/mol. The van der Waals surface area contributed by atoms with Crippen LogP contribution in [0.3, 0.4) is 0 Å². The highest BCUT2D eigenvalue weighted by molar-refractivity contribution is 5.89. The maximum Gasteiger partial charge on any atom is 0.137 e. The van der Waals surface area contributed by atoms with Crippen LogP contribution in [-0.2, 0) is 13.1 Å². The van der Waals surface area contributed by atoms with Crippen molar-refractivity contribution in [2.24, 2.45) is 21.2 Å².